The van der Waals surface area contributed by atoms with Crippen LogP contribution in [0.2, 0.25) is 0 Å². The van der Waals surface area contributed by atoms with Crippen LogP contribution in [0.25, 0.3) is 15.8 Å². The lowest BCUT2D eigenvalue weighted by Crippen LogP contribution is -2.39. The minimum Gasteiger partial charge on any atom is -0.395 e. The SMILES string of the molecule is CN/C(=C\c1cc2c(s1)-c1sc(N(C)CCO)cc1C2(C)C)C(=O)N(N)C=S. The molecule has 2 aromatic rings. The maximum atomic E-state index is 12.3. The fourth-order valence-electron chi connectivity index (χ4n) is 3.29. The molecule has 0 unspecified atom stereocenters. The van der Waals surface area contributed by atoms with Gasteiger partial charge in [0, 0.05) is 35.8 Å². The Morgan fingerprint density at radius 2 is 1.96 bits per heavy atom. The fraction of sp³-hybridized carbons (Fsp3) is 0.368. The second-order valence-corrected chi connectivity index (χ2v) is 9.44. The van der Waals surface area contributed by atoms with Crippen molar-refractivity contribution in [3.8, 4) is 9.75 Å². The number of carbonyl (C=O) groups excluding carboxylic acids is 1. The molecule has 2 aromatic heterocycles. The van der Waals surface area contributed by atoms with E-state index in [1.807, 2.05) is 13.1 Å². The molecule has 0 spiro atoms. The number of hydrogen-bond acceptors (Lipinski definition) is 8. The molecule has 2 heterocycles. The Hall–Kier alpha value is -1.78. The van der Waals surface area contributed by atoms with Gasteiger partial charge >= 0.3 is 0 Å². The molecular formula is C19H24N4O2S3. The minimum absolute atomic E-state index is 0.111. The molecule has 4 N–H and O–H groups in total. The summed E-state index contributed by atoms with van der Waals surface area (Å²) in [6.07, 6.45) is 1.81. The smallest absolute Gasteiger partial charge is 0.288 e. The first-order valence-electron chi connectivity index (χ1n) is 8.78. The number of amides is 1. The summed E-state index contributed by atoms with van der Waals surface area (Å²) in [5.41, 5.74) is 3.97. The molecule has 1 aliphatic carbocycles. The number of thiocarbonyl (C=S) groups is 1. The number of likely N-dealkylation sites (N-methyl/N-ethyl adjacent to an activating group) is 2. The lowest BCUT2D eigenvalue weighted by molar-refractivity contribution is -0.123. The van der Waals surface area contributed by atoms with E-state index in [-0.39, 0.29) is 17.9 Å². The van der Waals surface area contributed by atoms with E-state index in [0.717, 1.165) is 20.4 Å². The Labute approximate surface area is 178 Å². The number of anilines is 1. The predicted molar refractivity (Wildman–Crippen MR) is 122 cm³/mol. The van der Waals surface area contributed by atoms with Gasteiger partial charge in [0.2, 0.25) is 0 Å². The van der Waals surface area contributed by atoms with Crippen molar-refractivity contribution in [3.63, 3.8) is 0 Å². The van der Waals surface area contributed by atoms with Gasteiger partial charge in [-0.05, 0) is 29.3 Å². The summed E-state index contributed by atoms with van der Waals surface area (Å²) in [6, 6.07) is 4.37. The molecule has 0 aliphatic heterocycles. The second-order valence-electron chi connectivity index (χ2n) is 7.12. The van der Waals surface area contributed by atoms with Gasteiger partial charge in [-0.25, -0.2) is 10.9 Å². The summed E-state index contributed by atoms with van der Waals surface area (Å²) in [5, 5.41) is 14.2. The van der Waals surface area contributed by atoms with Gasteiger partial charge in [0.15, 0.2) is 0 Å². The van der Waals surface area contributed by atoms with E-state index in [9.17, 15) is 9.90 Å². The number of hydrogen-bond donors (Lipinski definition) is 3. The maximum absolute atomic E-state index is 12.3. The number of fused-ring (bicyclic) bond motifs is 3. The van der Waals surface area contributed by atoms with Crippen LogP contribution >= 0.6 is 34.9 Å². The Bertz CT molecular complexity index is 945. The third-order valence-corrected chi connectivity index (χ3v) is 7.69. The van der Waals surface area contributed by atoms with Crippen LogP contribution < -0.4 is 16.1 Å². The Kier molecular flexibility index (Phi) is 5.92. The summed E-state index contributed by atoms with van der Waals surface area (Å²) in [7, 11) is 3.68. The highest BCUT2D eigenvalue weighted by Gasteiger charge is 2.39. The van der Waals surface area contributed by atoms with E-state index in [1.54, 1.807) is 29.7 Å². The Balaban J connectivity index is 2.01. The van der Waals surface area contributed by atoms with Gasteiger partial charge in [0.1, 0.15) is 5.70 Å². The van der Waals surface area contributed by atoms with Crippen molar-refractivity contribution in [2.24, 2.45) is 5.84 Å². The number of thiophene rings is 2. The first-order chi connectivity index (χ1) is 13.2. The lowest BCUT2D eigenvalue weighted by atomic mass is 9.84. The van der Waals surface area contributed by atoms with E-state index in [1.165, 1.54) is 20.9 Å². The van der Waals surface area contributed by atoms with Crippen LogP contribution in [0, 0.1) is 0 Å². The summed E-state index contributed by atoms with van der Waals surface area (Å²) in [6.45, 7) is 5.17. The molecular weight excluding hydrogens is 412 g/mol. The van der Waals surface area contributed by atoms with Gasteiger partial charge in [-0.3, -0.25) is 4.79 Å². The number of rotatable bonds is 7. The number of nitrogens with one attached hydrogen (secondary N) is 1. The highest BCUT2D eigenvalue weighted by atomic mass is 32.1. The van der Waals surface area contributed by atoms with Crippen molar-refractivity contribution < 1.29 is 9.90 Å². The number of carbonyl (C=O) groups is 1. The van der Waals surface area contributed by atoms with Crippen LogP contribution in [-0.2, 0) is 10.2 Å². The second kappa shape index (κ2) is 7.92. The molecule has 0 saturated carbocycles. The molecule has 0 saturated heterocycles. The van der Waals surface area contributed by atoms with Crippen molar-refractivity contribution in [1.82, 2.24) is 10.3 Å². The number of aliphatic hydroxyl groups is 1. The van der Waals surface area contributed by atoms with Crippen LogP contribution in [0.3, 0.4) is 0 Å². The molecule has 0 radical (unpaired) electrons. The number of nitrogens with two attached hydrogens (primary N) is 1. The molecule has 28 heavy (non-hydrogen) atoms. The fourth-order valence-corrected chi connectivity index (χ4v) is 6.11. The number of aliphatic hydroxyl groups excluding tert-OH is 1. The lowest BCUT2D eigenvalue weighted by Gasteiger charge is -2.20. The quantitative estimate of drug-likeness (QED) is 0.204. The van der Waals surface area contributed by atoms with E-state index in [2.05, 4.69) is 36.2 Å². The van der Waals surface area contributed by atoms with Crippen LogP contribution in [-0.4, -0.2) is 48.8 Å². The van der Waals surface area contributed by atoms with Crippen molar-refractivity contribution in [3.05, 3.63) is 33.8 Å². The van der Waals surface area contributed by atoms with E-state index < -0.39 is 0 Å². The molecule has 3 rings (SSSR count). The van der Waals surface area contributed by atoms with E-state index >= 15 is 0 Å². The summed E-state index contributed by atoms with van der Waals surface area (Å²) in [4.78, 5) is 17.9. The molecule has 1 aliphatic rings. The average Bonchev–Trinajstić information content (AvgIpc) is 3.33. The standard InChI is InChI=1S/C19H24N4O2S3/c1-19(2)12-7-11(8-14(21-3)18(25)23(20)10-26)27-16(12)17-13(19)9-15(28-17)22(4)5-6-24/h7-10,21,24H,5-6,20H2,1-4H3/b14-8-. The van der Waals surface area contributed by atoms with Crippen LogP contribution in [0.5, 0.6) is 0 Å². The predicted octanol–water partition coefficient (Wildman–Crippen LogP) is 2.76. The first kappa shape index (κ1) is 20.9. The maximum Gasteiger partial charge on any atom is 0.288 e. The van der Waals surface area contributed by atoms with Crippen LogP contribution in [0.15, 0.2) is 17.8 Å². The third-order valence-electron chi connectivity index (χ3n) is 4.97. The monoisotopic (exact) mass is 436 g/mol. The van der Waals surface area contributed by atoms with Crippen LogP contribution in [0.1, 0.15) is 29.9 Å². The van der Waals surface area contributed by atoms with Gasteiger partial charge in [0.25, 0.3) is 5.91 Å². The van der Waals surface area contributed by atoms with Crippen molar-refractivity contribution in [2.75, 3.05) is 32.1 Å². The zero-order valence-corrected chi connectivity index (χ0v) is 18.7. The minimum atomic E-state index is -0.380. The summed E-state index contributed by atoms with van der Waals surface area (Å²) >= 11 is 8.14. The first-order valence-corrected chi connectivity index (χ1v) is 10.9. The van der Waals surface area contributed by atoms with Crippen molar-refractivity contribution in [2.45, 2.75) is 19.3 Å². The number of hydrazine groups is 1. The highest BCUT2D eigenvalue weighted by Crippen LogP contribution is 2.57. The molecule has 150 valence electrons. The Morgan fingerprint density at radius 1 is 1.32 bits per heavy atom. The zero-order chi connectivity index (χ0) is 20.6. The van der Waals surface area contributed by atoms with Gasteiger partial charge < -0.3 is 15.3 Å². The summed E-state index contributed by atoms with van der Waals surface area (Å²) in [5.74, 6) is 5.23. The van der Waals surface area contributed by atoms with Gasteiger partial charge in [-0.2, -0.15) is 0 Å². The molecule has 0 bridgehead atoms. The van der Waals surface area contributed by atoms with Gasteiger partial charge in [-0.1, -0.05) is 26.1 Å². The molecule has 6 nitrogen and oxygen atoms in total. The third kappa shape index (κ3) is 3.48. The molecule has 1 amide bonds. The van der Waals surface area contributed by atoms with E-state index in [4.69, 9.17) is 18.1 Å². The van der Waals surface area contributed by atoms with Gasteiger partial charge in [0.05, 0.1) is 22.0 Å². The molecule has 0 aromatic carbocycles. The Morgan fingerprint density at radius 3 is 2.57 bits per heavy atom. The molecule has 9 heteroatoms. The highest BCUT2D eigenvalue weighted by molar-refractivity contribution is 7.78. The van der Waals surface area contributed by atoms with Crippen molar-refractivity contribution in [1.29, 1.82) is 0 Å². The average molecular weight is 437 g/mol. The van der Waals surface area contributed by atoms with Gasteiger partial charge in [-0.15, -0.1) is 22.7 Å². The molecule has 0 fully saturated rings. The molecule has 0 atom stereocenters. The van der Waals surface area contributed by atoms with E-state index in [0.29, 0.717) is 12.2 Å². The van der Waals surface area contributed by atoms with Crippen molar-refractivity contribution >= 4 is 57.4 Å². The summed E-state index contributed by atoms with van der Waals surface area (Å²) < 4.78 is 0. The topological polar surface area (TPSA) is 81.8 Å². The van der Waals surface area contributed by atoms with Crippen LogP contribution in [0.4, 0.5) is 5.00 Å². The number of nitrogens with zero attached hydrogens (tertiary/aromatic N) is 2. The zero-order valence-electron chi connectivity index (χ0n) is 16.3. The largest absolute Gasteiger partial charge is 0.395 e. The normalized spacial score (nSPS) is 14.4.